The van der Waals surface area contributed by atoms with Gasteiger partial charge in [-0.1, -0.05) is 24.3 Å². The van der Waals surface area contributed by atoms with Crippen molar-refractivity contribution in [2.75, 3.05) is 13.1 Å². The van der Waals surface area contributed by atoms with Crippen LogP contribution in [0.3, 0.4) is 0 Å². The lowest BCUT2D eigenvalue weighted by atomic mass is 10.1. The monoisotopic (exact) mass is 204 g/mol. The maximum Gasteiger partial charge on any atom is 0.0211 e. The van der Waals surface area contributed by atoms with Gasteiger partial charge in [-0.2, -0.15) is 0 Å². The van der Waals surface area contributed by atoms with Gasteiger partial charge >= 0.3 is 0 Å². The average Bonchev–Trinajstić information content (AvgIpc) is 2.29. The first kappa shape index (κ1) is 10.7. The highest BCUT2D eigenvalue weighted by Crippen LogP contribution is 2.08. The Morgan fingerprint density at radius 1 is 1.40 bits per heavy atom. The van der Waals surface area contributed by atoms with Crippen LogP contribution in [0.4, 0.5) is 0 Å². The van der Waals surface area contributed by atoms with Crippen molar-refractivity contribution >= 4 is 0 Å². The number of rotatable bonds is 3. The minimum absolute atomic E-state index is 0.651. The average molecular weight is 204 g/mol. The maximum absolute atomic E-state index is 3.62. The molecule has 0 aromatic heterocycles. The standard InChI is InChI=1S/C13H20N2/c1-11-5-2-3-6-12(11)9-15-13-7-4-8-14-10-13/h2-3,5-6,13-15H,4,7-10H2,1H3/t13-/m1/s1. The fourth-order valence-corrected chi connectivity index (χ4v) is 2.09. The number of piperidine rings is 1. The topological polar surface area (TPSA) is 24.1 Å². The Kier molecular flexibility index (Phi) is 3.75. The molecular formula is C13H20N2. The van der Waals surface area contributed by atoms with Gasteiger partial charge in [-0.15, -0.1) is 0 Å². The Morgan fingerprint density at radius 3 is 3.00 bits per heavy atom. The van der Waals surface area contributed by atoms with Crippen LogP contribution in [0.2, 0.25) is 0 Å². The molecule has 82 valence electrons. The molecule has 1 fully saturated rings. The van der Waals surface area contributed by atoms with E-state index in [9.17, 15) is 0 Å². The third-order valence-electron chi connectivity index (χ3n) is 3.14. The van der Waals surface area contributed by atoms with Crippen LogP contribution in [0.1, 0.15) is 24.0 Å². The fraction of sp³-hybridized carbons (Fsp3) is 0.538. The highest BCUT2D eigenvalue weighted by Gasteiger charge is 2.11. The molecule has 0 bridgehead atoms. The first-order valence-electron chi connectivity index (χ1n) is 5.85. The van der Waals surface area contributed by atoms with E-state index in [0.717, 1.165) is 13.1 Å². The van der Waals surface area contributed by atoms with Gasteiger partial charge in [0.05, 0.1) is 0 Å². The summed E-state index contributed by atoms with van der Waals surface area (Å²) in [5.74, 6) is 0. The summed E-state index contributed by atoms with van der Waals surface area (Å²) >= 11 is 0. The van der Waals surface area contributed by atoms with Gasteiger partial charge in [-0.05, 0) is 37.4 Å². The van der Waals surface area contributed by atoms with E-state index in [1.165, 1.54) is 30.5 Å². The fourth-order valence-electron chi connectivity index (χ4n) is 2.09. The molecule has 0 aliphatic carbocycles. The molecule has 2 heteroatoms. The van der Waals surface area contributed by atoms with E-state index in [4.69, 9.17) is 0 Å². The van der Waals surface area contributed by atoms with E-state index in [-0.39, 0.29) is 0 Å². The van der Waals surface area contributed by atoms with Gasteiger partial charge in [0.2, 0.25) is 0 Å². The second-order valence-corrected chi connectivity index (χ2v) is 4.35. The summed E-state index contributed by atoms with van der Waals surface area (Å²) < 4.78 is 0. The molecule has 2 N–H and O–H groups in total. The predicted molar refractivity (Wildman–Crippen MR) is 63.9 cm³/mol. The van der Waals surface area contributed by atoms with Gasteiger partial charge in [0, 0.05) is 19.1 Å². The van der Waals surface area contributed by atoms with Gasteiger partial charge in [0.15, 0.2) is 0 Å². The molecule has 1 atom stereocenters. The Labute approximate surface area is 92.1 Å². The molecule has 0 unspecified atom stereocenters. The highest BCUT2D eigenvalue weighted by molar-refractivity contribution is 5.25. The number of benzene rings is 1. The van der Waals surface area contributed by atoms with Crippen molar-refractivity contribution in [3.8, 4) is 0 Å². The van der Waals surface area contributed by atoms with Crippen LogP contribution < -0.4 is 10.6 Å². The van der Waals surface area contributed by atoms with Crippen LogP contribution in [-0.2, 0) is 6.54 Å². The minimum atomic E-state index is 0.651. The van der Waals surface area contributed by atoms with Crippen molar-refractivity contribution in [1.29, 1.82) is 0 Å². The second-order valence-electron chi connectivity index (χ2n) is 4.35. The molecule has 1 heterocycles. The van der Waals surface area contributed by atoms with Crippen LogP contribution in [0, 0.1) is 6.92 Å². The Morgan fingerprint density at radius 2 is 2.27 bits per heavy atom. The van der Waals surface area contributed by atoms with Crippen LogP contribution in [0.5, 0.6) is 0 Å². The van der Waals surface area contributed by atoms with Crippen molar-refractivity contribution in [3.63, 3.8) is 0 Å². The molecular weight excluding hydrogens is 184 g/mol. The third-order valence-corrected chi connectivity index (χ3v) is 3.14. The van der Waals surface area contributed by atoms with Crippen molar-refractivity contribution in [3.05, 3.63) is 35.4 Å². The van der Waals surface area contributed by atoms with Crippen LogP contribution in [0.15, 0.2) is 24.3 Å². The number of aryl methyl sites for hydroxylation is 1. The van der Waals surface area contributed by atoms with Gasteiger partial charge in [0.25, 0.3) is 0 Å². The first-order valence-corrected chi connectivity index (χ1v) is 5.85. The lowest BCUT2D eigenvalue weighted by molar-refractivity contribution is 0.389. The largest absolute Gasteiger partial charge is 0.315 e. The van der Waals surface area contributed by atoms with Crippen molar-refractivity contribution < 1.29 is 0 Å². The van der Waals surface area contributed by atoms with Crippen molar-refractivity contribution in [1.82, 2.24) is 10.6 Å². The van der Waals surface area contributed by atoms with E-state index in [2.05, 4.69) is 41.8 Å². The minimum Gasteiger partial charge on any atom is -0.315 e. The molecule has 0 saturated carbocycles. The summed E-state index contributed by atoms with van der Waals surface area (Å²) in [7, 11) is 0. The van der Waals surface area contributed by atoms with Gasteiger partial charge in [0.1, 0.15) is 0 Å². The third kappa shape index (κ3) is 3.05. The van der Waals surface area contributed by atoms with Crippen molar-refractivity contribution in [2.24, 2.45) is 0 Å². The summed E-state index contributed by atoms with van der Waals surface area (Å²) in [4.78, 5) is 0. The van der Waals surface area contributed by atoms with Crippen LogP contribution in [-0.4, -0.2) is 19.1 Å². The molecule has 0 radical (unpaired) electrons. The molecule has 1 aliphatic rings. The maximum atomic E-state index is 3.62. The lowest BCUT2D eigenvalue weighted by Gasteiger charge is -2.24. The van der Waals surface area contributed by atoms with Gasteiger partial charge in [-0.3, -0.25) is 0 Å². The zero-order valence-corrected chi connectivity index (χ0v) is 9.42. The summed E-state index contributed by atoms with van der Waals surface area (Å²) in [6.45, 7) is 5.48. The van der Waals surface area contributed by atoms with Crippen molar-refractivity contribution in [2.45, 2.75) is 32.4 Å². The number of nitrogens with one attached hydrogen (secondary N) is 2. The molecule has 1 aromatic rings. The zero-order chi connectivity index (χ0) is 10.5. The highest BCUT2D eigenvalue weighted by atomic mass is 15.0. The van der Waals surface area contributed by atoms with Gasteiger partial charge < -0.3 is 10.6 Å². The normalized spacial score (nSPS) is 21.5. The SMILES string of the molecule is Cc1ccccc1CN[C@@H]1CCCNC1. The lowest BCUT2D eigenvalue weighted by Crippen LogP contribution is -2.42. The summed E-state index contributed by atoms with van der Waals surface area (Å²) in [6.07, 6.45) is 2.60. The van der Waals surface area contributed by atoms with E-state index in [1.54, 1.807) is 0 Å². The van der Waals surface area contributed by atoms with Crippen LogP contribution in [0.25, 0.3) is 0 Å². The molecule has 0 spiro atoms. The predicted octanol–water partition coefficient (Wildman–Crippen LogP) is 1.84. The van der Waals surface area contributed by atoms with Gasteiger partial charge in [-0.25, -0.2) is 0 Å². The molecule has 1 aromatic carbocycles. The molecule has 2 nitrogen and oxygen atoms in total. The van der Waals surface area contributed by atoms with Crippen LogP contribution >= 0.6 is 0 Å². The summed E-state index contributed by atoms with van der Waals surface area (Å²) in [5.41, 5.74) is 2.80. The van der Waals surface area contributed by atoms with E-state index >= 15 is 0 Å². The Bertz CT molecular complexity index is 303. The molecule has 2 rings (SSSR count). The van der Waals surface area contributed by atoms with E-state index < -0.39 is 0 Å². The number of hydrogen-bond acceptors (Lipinski definition) is 2. The Balaban J connectivity index is 1.84. The molecule has 0 amide bonds. The zero-order valence-electron chi connectivity index (χ0n) is 9.42. The number of hydrogen-bond donors (Lipinski definition) is 2. The molecule has 1 aliphatic heterocycles. The van der Waals surface area contributed by atoms with E-state index in [1.807, 2.05) is 0 Å². The second kappa shape index (κ2) is 5.29. The molecule has 1 saturated heterocycles. The first-order chi connectivity index (χ1) is 7.36. The van der Waals surface area contributed by atoms with E-state index in [0.29, 0.717) is 6.04 Å². The smallest absolute Gasteiger partial charge is 0.0211 e. The summed E-state index contributed by atoms with van der Waals surface area (Å²) in [6, 6.07) is 9.25. The Hall–Kier alpha value is -0.860. The summed E-state index contributed by atoms with van der Waals surface area (Å²) in [5, 5.41) is 7.04. The quantitative estimate of drug-likeness (QED) is 0.785. The molecule has 15 heavy (non-hydrogen) atoms.